The number of hydrogen-bond acceptors (Lipinski definition) is 3. The van der Waals surface area contributed by atoms with Gasteiger partial charge in [-0.2, -0.15) is 0 Å². The molecule has 3 atom stereocenters. The third-order valence-corrected chi connectivity index (χ3v) is 3.66. The van der Waals surface area contributed by atoms with E-state index in [-0.39, 0.29) is 17.9 Å². The first kappa shape index (κ1) is 14.6. The number of carbonyl (C=O) groups excluding carboxylic acids is 1. The molecule has 1 unspecified atom stereocenters. The lowest BCUT2D eigenvalue weighted by Gasteiger charge is -2.29. The van der Waals surface area contributed by atoms with Crippen LogP contribution in [0.15, 0.2) is 24.5 Å². The lowest BCUT2D eigenvalue weighted by molar-refractivity contribution is -0.134. The molecule has 1 heterocycles. The van der Waals surface area contributed by atoms with Crippen LogP contribution >= 0.6 is 0 Å². The summed E-state index contributed by atoms with van der Waals surface area (Å²) in [4.78, 5) is 17.9. The highest BCUT2D eigenvalue weighted by Crippen LogP contribution is 2.19. The maximum atomic E-state index is 12.2. The summed E-state index contributed by atoms with van der Waals surface area (Å²) < 4.78 is 0. The first-order valence-electron chi connectivity index (χ1n) is 6.41. The zero-order chi connectivity index (χ0) is 13.7. The Morgan fingerprint density at radius 3 is 2.44 bits per heavy atom. The molecule has 0 aliphatic rings. The minimum Gasteiger partial charge on any atom is -0.338 e. The molecule has 4 heteroatoms. The number of nitrogens with two attached hydrogens (primary N) is 1. The number of carbonyl (C=O) groups is 1. The third kappa shape index (κ3) is 3.29. The standard InChI is InChI=1S/C14H23N3O/c1-5-10(2)13(15)14(18)17(4)11(3)12-6-8-16-9-7-12/h6-11,13H,5,15H2,1-4H3/t10-,11?,13-/m0/s1. The van der Waals surface area contributed by atoms with Crippen molar-refractivity contribution in [3.8, 4) is 0 Å². The van der Waals surface area contributed by atoms with Crippen LogP contribution in [-0.2, 0) is 4.79 Å². The summed E-state index contributed by atoms with van der Waals surface area (Å²) in [6.07, 6.45) is 4.38. The molecule has 0 bridgehead atoms. The van der Waals surface area contributed by atoms with Gasteiger partial charge >= 0.3 is 0 Å². The van der Waals surface area contributed by atoms with Crippen LogP contribution in [0.1, 0.15) is 38.8 Å². The smallest absolute Gasteiger partial charge is 0.240 e. The van der Waals surface area contributed by atoms with Gasteiger partial charge in [0.1, 0.15) is 0 Å². The lowest BCUT2D eigenvalue weighted by atomic mass is 9.98. The van der Waals surface area contributed by atoms with Gasteiger partial charge in [-0.05, 0) is 30.5 Å². The molecule has 0 spiro atoms. The molecule has 2 N–H and O–H groups in total. The van der Waals surface area contributed by atoms with Crippen LogP contribution in [0.5, 0.6) is 0 Å². The van der Waals surface area contributed by atoms with E-state index in [1.54, 1.807) is 24.3 Å². The molecule has 1 aromatic heterocycles. The summed E-state index contributed by atoms with van der Waals surface area (Å²) in [5.74, 6) is 0.193. The summed E-state index contributed by atoms with van der Waals surface area (Å²) in [5.41, 5.74) is 7.05. The van der Waals surface area contributed by atoms with Gasteiger partial charge in [0.05, 0.1) is 12.1 Å². The molecule has 4 nitrogen and oxygen atoms in total. The van der Waals surface area contributed by atoms with Crippen LogP contribution in [0.3, 0.4) is 0 Å². The Labute approximate surface area is 109 Å². The highest BCUT2D eigenvalue weighted by atomic mass is 16.2. The molecule has 0 saturated heterocycles. The minimum absolute atomic E-state index is 0.00587. The van der Waals surface area contributed by atoms with Gasteiger partial charge in [-0.1, -0.05) is 20.3 Å². The van der Waals surface area contributed by atoms with Gasteiger partial charge in [-0.15, -0.1) is 0 Å². The monoisotopic (exact) mass is 249 g/mol. The van der Waals surface area contributed by atoms with E-state index in [1.165, 1.54) is 0 Å². The number of amides is 1. The van der Waals surface area contributed by atoms with E-state index in [2.05, 4.69) is 4.98 Å². The fourth-order valence-electron chi connectivity index (χ4n) is 1.79. The fraction of sp³-hybridized carbons (Fsp3) is 0.571. The summed E-state index contributed by atoms with van der Waals surface area (Å²) in [5, 5.41) is 0. The quantitative estimate of drug-likeness (QED) is 0.868. The molecule has 0 aliphatic heterocycles. The maximum Gasteiger partial charge on any atom is 0.240 e. The number of aromatic nitrogens is 1. The predicted molar refractivity (Wildman–Crippen MR) is 72.9 cm³/mol. The van der Waals surface area contributed by atoms with Crippen LogP contribution in [0.25, 0.3) is 0 Å². The van der Waals surface area contributed by atoms with E-state index < -0.39 is 6.04 Å². The Balaban J connectivity index is 2.75. The van der Waals surface area contributed by atoms with Crippen molar-refractivity contribution in [1.29, 1.82) is 0 Å². The molecular formula is C14H23N3O. The van der Waals surface area contributed by atoms with Crippen LogP contribution < -0.4 is 5.73 Å². The number of likely N-dealkylation sites (N-methyl/N-ethyl adjacent to an activating group) is 1. The average Bonchev–Trinajstić information content (AvgIpc) is 2.44. The average molecular weight is 249 g/mol. The van der Waals surface area contributed by atoms with Crippen molar-refractivity contribution >= 4 is 5.91 Å². The Morgan fingerprint density at radius 2 is 1.94 bits per heavy atom. The lowest BCUT2D eigenvalue weighted by Crippen LogP contribution is -2.46. The summed E-state index contributed by atoms with van der Waals surface area (Å²) in [7, 11) is 1.80. The van der Waals surface area contributed by atoms with Gasteiger partial charge in [0.15, 0.2) is 0 Å². The van der Waals surface area contributed by atoms with Gasteiger partial charge in [0.2, 0.25) is 5.91 Å². The van der Waals surface area contributed by atoms with E-state index in [1.807, 2.05) is 32.9 Å². The van der Waals surface area contributed by atoms with Crippen molar-refractivity contribution in [2.45, 2.75) is 39.3 Å². The van der Waals surface area contributed by atoms with Crippen LogP contribution in [0.4, 0.5) is 0 Å². The molecule has 1 aromatic rings. The maximum absolute atomic E-state index is 12.2. The highest BCUT2D eigenvalue weighted by molar-refractivity contribution is 5.82. The topological polar surface area (TPSA) is 59.2 Å². The Bertz CT molecular complexity index is 380. The van der Waals surface area contributed by atoms with Crippen molar-refractivity contribution in [3.63, 3.8) is 0 Å². The van der Waals surface area contributed by atoms with Crippen LogP contribution in [0.2, 0.25) is 0 Å². The zero-order valence-electron chi connectivity index (χ0n) is 11.6. The zero-order valence-corrected chi connectivity index (χ0v) is 11.6. The van der Waals surface area contributed by atoms with Gasteiger partial charge in [-0.25, -0.2) is 0 Å². The molecule has 0 aromatic carbocycles. The van der Waals surface area contributed by atoms with E-state index >= 15 is 0 Å². The fourth-order valence-corrected chi connectivity index (χ4v) is 1.79. The second-order valence-corrected chi connectivity index (χ2v) is 4.82. The molecule has 0 fully saturated rings. The van der Waals surface area contributed by atoms with E-state index in [9.17, 15) is 4.79 Å². The molecule has 0 radical (unpaired) electrons. The SMILES string of the molecule is CC[C@H](C)[C@H](N)C(=O)N(C)C(C)c1ccncc1. The van der Waals surface area contributed by atoms with E-state index in [0.717, 1.165) is 12.0 Å². The summed E-state index contributed by atoms with van der Waals surface area (Å²) in [6.45, 7) is 6.05. The van der Waals surface area contributed by atoms with Gasteiger partial charge in [0.25, 0.3) is 0 Å². The Morgan fingerprint density at radius 1 is 1.39 bits per heavy atom. The van der Waals surface area contributed by atoms with Crippen molar-refractivity contribution in [2.24, 2.45) is 11.7 Å². The van der Waals surface area contributed by atoms with E-state index in [0.29, 0.717) is 0 Å². The van der Waals surface area contributed by atoms with Crippen molar-refractivity contribution in [1.82, 2.24) is 9.88 Å². The number of hydrogen-bond donors (Lipinski definition) is 1. The van der Waals surface area contributed by atoms with Gasteiger partial charge < -0.3 is 10.6 Å². The number of pyridine rings is 1. The highest BCUT2D eigenvalue weighted by Gasteiger charge is 2.26. The molecule has 1 rings (SSSR count). The Hall–Kier alpha value is -1.42. The van der Waals surface area contributed by atoms with Crippen molar-refractivity contribution < 1.29 is 4.79 Å². The Kier molecular flexibility index (Phi) is 5.28. The van der Waals surface area contributed by atoms with Crippen molar-refractivity contribution in [2.75, 3.05) is 7.05 Å². The predicted octanol–water partition coefficient (Wildman–Crippen LogP) is 1.97. The minimum atomic E-state index is -0.427. The van der Waals surface area contributed by atoms with Gasteiger partial charge in [0, 0.05) is 19.4 Å². The molecule has 1 amide bonds. The number of nitrogens with zero attached hydrogens (tertiary/aromatic N) is 2. The molecule has 0 aliphatic carbocycles. The van der Waals surface area contributed by atoms with E-state index in [4.69, 9.17) is 5.73 Å². The normalized spacial score (nSPS) is 15.8. The molecule has 18 heavy (non-hydrogen) atoms. The second-order valence-electron chi connectivity index (χ2n) is 4.82. The van der Waals surface area contributed by atoms with Crippen LogP contribution in [0, 0.1) is 5.92 Å². The first-order valence-corrected chi connectivity index (χ1v) is 6.41. The van der Waals surface area contributed by atoms with Crippen molar-refractivity contribution in [3.05, 3.63) is 30.1 Å². The second kappa shape index (κ2) is 6.50. The van der Waals surface area contributed by atoms with Gasteiger partial charge in [-0.3, -0.25) is 9.78 Å². The molecule has 100 valence electrons. The third-order valence-electron chi connectivity index (χ3n) is 3.66. The first-order chi connectivity index (χ1) is 8.49. The number of rotatable bonds is 5. The molecular weight excluding hydrogens is 226 g/mol. The van der Waals surface area contributed by atoms with Crippen LogP contribution in [-0.4, -0.2) is 28.9 Å². The summed E-state index contributed by atoms with van der Waals surface area (Å²) >= 11 is 0. The summed E-state index contributed by atoms with van der Waals surface area (Å²) in [6, 6.07) is 3.42. The molecule has 0 saturated carbocycles. The largest absolute Gasteiger partial charge is 0.338 e.